The Morgan fingerprint density at radius 3 is 2.73 bits per heavy atom. The van der Waals surface area contributed by atoms with Crippen LogP contribution in [0.5, 0.6) is 0 Å². The van der Waals surface area contributed by atoms with Crippen LogP contribution >= 0.6 is 0 Å². The minimum absolute atomic E-state index is 0.0371. The van der Waals surface area contributed by atoms with E-state index < -0.39 is 29.4 Å². The van der Waals surface area contributed by atoms with E-state index in [0.717, 1.165) is 24.8 Å². The summed E-state index contributed by atoms with van der Waals surface area (Å²) in [5.41, 5.74) is -1.71. The molecule has 0 amide bonds. The summed E-state index contributed by atoms with van der Waals surface area (Å²) in [4.78, 5) is 36.3. The highest BCUT2D eigenvalue weighted by molar-refractivity contribution is 6.01. The van der Waals surface area contributed by atoms with Crippen LogP contribution in [-0.4, -0.2) is 46.6 Å². The van der Waals surface area contributed by atoms with E-state index in [0.29, 0.717) is 6.42 Å². The number of carbonyl (C=O) groups excluding carboxylic acids is 3. The fourth-order valence-electron chi connectivity index (χ4n) is 7.85. The van der Waals surface area contributed by atoms with Gasteiger partial charge in [0, 0.05) is 17.8 Å². The standard InChI is InChI=1S/C24H30O6/c1-13-9-18-17-6-5-15-10-16(26)7-8-21(15,3)24(17)20(30-24)11-22(18,4)23(13,28)19(27)12-29-14(2)25/h7-8,10,13,17-18,20,28H,5-6,9,11-12H2,1-4H3/t13-,17+,18+,20+,21+,22+,23+,24?/m1/s1. The molecule has 6 heteroatoms. The molecule has 5 aliphatic rings. The Morgan fingerprint density at radius 2 is 2.03 bits per heavy atom. The second-order valence-corrected chi connectivity index (χ2v) is 10.5. The average Bonchev–Trinajstić information content (AvgIpc) is 3.36. The van der Waals surface area contributed by atoms with Crippen molar-refractivity contribution < 1.29 is 29.0 Å². The topological polar surface area (TPSA) is 93.2 Å². The molecule has 5 rings (SSSR count). The number of fused-ring (bicyclic) bond motifs is 3. The molecule has 1 N–H and O–H groups in total. The highest BCUT2D eigenvalue weighted by Gasteiger charge is 2.81. The van der Waals surface area contributed by atoms with E-state index >= 15 is 0 Å². The Hall–Kier alpha value is -1.79. The second-order valence-electron chi connectivity index (χ2n) is 10.5. The molecule has 1 heterocycles. The van der Waals surface area contributed by atoms with Gasteiger partial charge in [0.2, 0.25) is 5.78 Å². The minimum atomic E-state index is -1.54. The first-order valence-corrected chi connectivity index (χ1v) is 11.0. The lowest BCUT2D eigenvalue weighted by Crippen LogP contribution is -2.62. The Balaban J connectivity index is 1.52. The van der Waals surface area contributed by atoms with Crippen molar-refractivity contribution in [3.8, 4) is 0 Å². The molecular formula is C24H30O6. The number of hydrogen-bond acceptors (Lipinski definition) is 6. The van der Waals surface area contributed by atoms with Crippen LogP contribution in [0.25, 0.3) is 0 Å². The van der Waals surface area contributed by atoms with Gasteiger partial charge < -0.3 is 14.6 Å². The summed E-state index contributed by atoms with van der Waals surface area (Å²) in [7, 11) is 0. The van der Waals surface area contributed by atoms with E-state index in [9.17, 15) is 19.5 Å². The number of hydrogen-bond donors (Lipinski definition) is 1. The van der Waals surface area contributed by atoms with Crippen LogP contribution in [0, 0.1) is 28.6 Å². The van der Waals surface area contributed by atoms with Gasteiger partial charge in [0.15, 0.2) is 12.4 Å². The number of carbonyl (C=O) groups is 3. The zero-order valence-electron chi connectivity index (χ0n) is 18.1. The maximum absolute atomic E-state index is 13.1. The van der Waals surface area contributed by atoms with Crippen molar-refractivity contribution in [3.63, 3.8) is 0 Å². The van der Waals surface area contributed by atoms with Crippen LogP contribution in [0.2, 0.25) is 0 Å². The third-order valence-electron chi connectivity index (χ3n) is 9.35. The zero-order chi connectivity index (χ0) is 21.7. The first kappa shape index (κ1) is 20.1. The summed E-state index contributed by atoms with van der Waals surface area (Å²) in [5, 5.41) is 11.8. The van der Waals surface area contributed by atoms with Crippen LogP contribution < -0.4 is 0 Å². The van der Waals surface area contributed by atoms with Crippen LogP contribution in [0.3, 0.4) is 0 Å². The van der Waals surface area contributed by atoms with E-state index in [-0.39, 0.29) is 40.7 Å². The highest BCUT2D eigenvalue weighted by Crippen LogP contribution is 2.76. The average molecular weight is 414 g/mol. The lowest BCUT2D eigenvalue weighted by atomic mass is 9.46. The first-order chi connectivity index (χ1) is 14.0. The largest absolute Gasteiger partial charge is 0.458 e. The van der Waals surface area contributed by atoms with Crippen molar-refractivity contribution >= 4 is 17.5 Å². The Kier molecular flexibility index (Phi) is 3.97. The number of allylic oxidation sites excluding steroid dienone is 2. The van der Waals surface area contributed by atoms with Crippen molar-refractivity contribution in [1.29, 1.82) is 0 Å². The third-order valence-corrected chi connectivity index (χ3v) is 9.35. The molecule has 1 spiro atoms. The lowest BCUT2D eigenvalue weighted by Gasteiger charge is -2.55. The molecule has 3 saturated carbocycles. The van der Waals surface area contributed by atoms with Crippen molar-refractivity contribution in [1.82, 2.24) is 0 Å². The summed E-state index contributed by atoms with van der Waals surface area (Å²) < 4.78 is 11.4. The summed E-state index contributed by atoms with van der Waals surface area (Å²) in [6, 6.07) is 0. The maximum Gasteiger partial charge on any atom is 0.303 e. The number of ether oxygens (including phenoxy) is 2. The van der Waals surface area contributed by atoms with Gasteiger partial charge >= 0.3 is 5.97 Å². The molecule has 1 saturated heterocycles. The van der Waals surface area contributed by atoms with E-state index in [1.165, 1.54) is 6.92 Å². The quantitative estimate of drug-likeness (QED) is 0.564. The Bertz CT molecular complexity index is 919. The fourth-order valence-corrected chi connectivity index (χ4v) is 7.85. The third kappa shape index (κ3) is 2.14. The number of aliphatic hydroxyl groups is 1. The molecule has 1 unspecified atom stereocenters. The Labute approximate surface area is 176 Å². The van der Waals surface area contributed by atoms with Gasteiger partial charge in [-0.15, -0.1) is 0 Å². The maximum atomic E-state index is 13.1. The summed E-state index contributed by atoms with van der Waals surface area (Å²) in [6.45, 7) is 7.00. The summed E-state index contributed by atoms with van der Waals surface area (Å²) in [6.07, 6.45) is 8.43. The molecule has 1 aliphatic heterocycles. The van der Waals surface area contributed by atoms with Gasteiger partial charge in [-0.1, -0.05) is 25.5 Å². The van der Waals surface area contributed by atoms with Gasteiger partial charge in [0.25, 0.3) is 0 Å². The van der Waals surface area contributed by atoms with Crippen molar-refractivity contribution in [2.75, 3.05) is 6.61 Å². The lowest BCUT2D eigenvalue weighted by molar-refractivity contribution is -0.170. The van der Waals surface area contributed by atoms with Gasteiger partial charge in [-0.3, -0.25) is 14.4 Å². The molecule has 0 aromatic heterocycles. The van der Waals surface area contributed by atoms with Crippen molar-refractivity contribution in [2.24, 2.45) is 28.6 Å². The molecule has 6 nitrogen and oxygen atoms in total. The fraction of sp³-hybridized carbons (Fsp3) is 0.708. The smallest absolute Gasteiger partial charge is 0.303 e. The van der Waals surface area contributed by atoms with E-state index in [2.05, 4.69) is 6.92 Å². The van der Waals surface area contributed by atoms with Gasteiger partial charge in [-0.2, -0.15) is 0 Å². The molecule has 0 aromatic carbocycles. The first-order valence-electron chi connectivity index (χ1n) is 11.0. The van der Waals surface area contributed by atoms with E-state index in [4.69, 9.17) is 9.47 Å². The molecular weight excluding hydrogens is 384 g/mol. The molecule has 8 atom stereocenters. The highest BCUT2D eigenvalue weighted by atomic mass is 16.6. The van der Waals surface area contributed by atoms with Crippen molar-refractivity contribution in [3.05, 3.63) is 23.8 Å². The molecule has 0 bridgehead atoms. The number of esters is 1. The predicted octanol–water partition coefficient (Wildman–Crippen LogP) is 2.53. The number of ketones is 2. The van der Waals surface area contributed by atoms with E-state index in [1.54, 1.807) is 12.2 Å². The number of Topliss-reactive ketones (excluding diaryl/α,β-unsaturated/α-hetero) is 1. The van der Waals surface area contributed by atoms with Gasteiger partial charge in [-0.25, -0.2) is 0 Å². The molecule has 162 valence electrons. The second kappa shape index (κ2) is 5.92. The van der Waals surface area contributed by atoms with Crippen molar-refractivity contribution in [2.45, 2.75) is 70.7 Å². The minimum Gasteiger partial charge on any atom is -0.458 e. The number of epoxide rings is 1. The SMILES string of the molecule is CC(=O)OCC(=O)[C@@]1(O)[C@H](C)C[C@H]2[C@@H]3CCC4=CC(=O)C=C[C@]4(C)C34O[C@H]4C[C@@]21C. The monoisotopic (exact) mass is 414 g/mol. The van der Waals surface area contributed by atoms with Crippen LogP contribution in [0.4, 0.5) is 0 Å². The molecule has 4 fully saturated rings. The van der Waals surface area contributed by atoms with Gasteiger partial charge in [0.05, 0.1) is 6.10 Å². The van der Waals surface area contributed by atoms with Gasteiger partial charge in [-0.05, 0) is 62.5 Å². The summed E-state index contributed by atoms with van der Waals surface area (Å²) >= 11 is 0. The zero-order valence-corrected chi connectivity index (χ0v) is 18.1. The van der Waals surface area contributed by atoms with Crippen LogP contribution in [0.1, 0.15) is 53.4 Å². The van der Waals surface area contributed by atoms with Crippen LogP contribution in [0.15, 0.2) is 23.8 Å². The predicted molar refractivity (Wildman–Crippen MR) is 107 cm³/mol. The summed E-state index contributed by atoms with van der Waals surface area (Å²) in [5.74, 6) is -0.783. The van der Waals surface area contributed by atoms with Crippen LogP contribution in [-0.2, 0) is 23.9 Å². The molecule has 0 aromatic rings. The Morgan fingerprint density at radius 1 is 1.30 bits per heavy atom. The molecule has 0 radical (unpaired) electrons. The van der Waals surface area contributed by atoms with Gasteiger partial charge in [0.1, 0.15) is 11.2 Å². The molecule has 30 heavy (non-hydrogen) atoms. The number of rotatable bonds is 3. The molecule has 4 aliphatic carbocycles. The normalized spacial score (nSPS) is 50.6. The van der Waals surface area contributed by atoms with E-state index in [1.807, 2.05) is 19.9 Å².